The molecule has 0 fully saturated rings. The summed E-state index contributed by atoms with van der Waals surface area (Å²) >= 11 is 0.772. The zero-order chi connectivity index (χ0) is 50.0. The third-order valence-corrected chi connectivity index (χ3v) is 14.0. The maximum Gasteiger partial charge on any atom is 0.337 e. The summed E-state index contributed by atoms with van der Waals surface area (Å²) in [5.74, 6) is -4.39. The fourth-order valence-electron chi connectivity index (χ4n) is 8.30. The van der Waals surface area contributed by atoms with Gasteiger partial charge in [-0.05, 0) is 106 Å². The minimum absolute atomic E-state index is 0.0516. The summed E-state index contributed by atoms with van der Waals surface area (Å²) in [4.78, 5) is 88.2. The van der Waals surface area contributed by atoms with Crippen LogP contribution in [0.1, 0.15) is 151 Å². The number of nitrogens with two attached hydrogens (primary N) is 1. The van der Waals surface area contributed by atoms with Gasteiger partial charge in [0.2, 0.25) is 17.7 Å². The molecule has 17 heteroatoms. The Morgan fingerprint density at radius 1 is 0.836 bits per heavy atom. The molecule has 1 aliphatic rings. The van der Waals surface area contributed by atoms with Gasteiger partial charge < -0.3 is 46.5 Å². The molecule has 67 heavy (non-hydrogen) atoms. The van der Waals surface area contributed by atoms with Crippen molar-refractivity contribution in [1.29, 1.82) is 0 Å². The Labute approximate surface area is 399 Å². The first kappa shape index (κ1) is 56.2. The van der Waals surface area contributed by atoms with Gasteiger partial charge in [0, 0.05) is 17.7 Å². The van der Waals surface area contributed by atoms with Gasteiger partial charge in [-0.1, -0.05) is 84.8 Å². The van der Waals surface area contributed by atoms with E-state index < -0.39 is 71.9 Å². The van der Waals surface area contributed by atoms with Gasteiger partial charge in [-0.15, -0.1) is 11.8 Å². The number of carbonyl (C=O) groups is 7. The Kier molecular flexibility index (Phi) is 22.6. The molecule has 6 atom stereocenters. The Bertz CT molecular complexity index is 2060. The van der Waals surface area contributed by atoms with Gasteiger partial charge in [-0.3, -0.25) is 28.8 Å². The van der Waals surface area contributed by atoms with Gasteiger partial charge in [0.15, 0.2) is 0 Å². The summed E-state index contributed by atoms with van der Waals surface area (Å²) in [5, 5.41) is 33.9. The van der Waals surface area contributed by atoms with E-state index >= 15 is 0 Å². The van der Waals surface area contributed by atoms with E-state index in [1.165, 1.54) is 62.8 Å². The van der Waals surface area contributed by atoms with Crippen LogP contribution in [0.25, 0.3) is 0 Å². The fraction of sp³-hybridized carbons (Fsp3) is 0.620. The van der Waals surface area contributed by atoms with Gasteiger partial charge in [-0.25, -0.2) is 4.79 Å². The molecule has 372 valence electrons. The molecule has 0 saturated carbocycles. The number of thioether (sulfide) groups is 1. The number of esters is 1. The second-order valence-electron chi connectivity index (χ2n) is 19.0. The molecule has 8 N–H and O–H groups in total. The average molecular weight is 955 g/mol. The molecule has 16 nitrogen and oxygen atoms in total. The number of hydrogen-bond donors (Lipinski definition) is 7. The first-order chi connectivity index (χ1) is 31.5. The topological polar surface area (TPSA) is 261 Å². The number of aliphatic carboxylic acids is 2. The van der Waals surface area contributed by atoms with Crippen LogP contribution in [0.2, 0.25) is 0 Å². The van der Waals surface area contributed by atoms with Crippen LogP contribution < -0.4 is 31.2 Å². The molecule has 2 aromatic carbocycles. The minimum Gasteiger partial charge on any atom is -0.487 e. The number of benzene rings is 2. The summed E-state index contributed by atoms with van der Waals surface area (Å²) in [6.45, 7) is 16.3. The molecule has 0 radical (unpaired) electrons. The van der Waals surface area contributed by atoms with E-state index in [9.17, 15) is 38.7 Å². The van der Waals surface area contributed by atoms with E-state index in [4.69, 9.17) is 25.4 Å². The van der Waals surface area contributed by atoms with Crippen LogP contribution in [-0.2, 0) is 35.2 Å². The third kappa shape index (κ3) is 18.5. The van der Waals surface area contributed by atoms with Gasteiger partial charge in [0.05, 0.1) is 22.9 Å². The molecule has 4 unspecified atom stereocenters. The standard InChI is InChI=1S/C50H74N4O12S/c1-29(2)14-11-15-30(3)16-12-17-31(4)18-13-24-50(8)25-23-35-34(7)44(32(5)33(6)45(35)66-50)65-43(58)26-40(47(60)54-38-20-10-9-19-36(38)48(61)62)67-28-39(46(59)52-27-42(56)57)53-41(55)22-21-37(51)49(63)64/h9-10,19-20,29-31,37,39-40H,11-18,21-28,51H2,1-8H3,(H,52,59)(H,53,55)(H,54,60)(H,56,57)(H,61,62)(H,63,64)/t30?,31?,37-,39-,40?,50?/m0/s1. The van der Waals surface area contributed by atoms with Gasteiger partial charge >= 0.3 is 23.9 Å². The van der Waals surface area contributed by atoms with E-state index in [2.05, 4.69) is 50.6 Å². The molecule has 1 aliphatic heterocycles. The van der Waals surface area contributed by atoms with Gasteiger partial charge in [0.25, 0.3) is 0 Å². The van der Waals surface area contributed by atoms with Crippen LogP contribution in [0.5, 0.6) is 11.5 Å². The maximum atomic E-state index is 13.9. The predicted molar refractivity (Wildman–Crippen MR) is 259 cm³/mol. The van der Waals surface area contributed by atoms with Gasteiger partial charge in [0.1, 0.15) is 35.7 Å². The van der Waals surface area contributed by atoms with Crippen LogP contribution in [0.3, 0.4) is 0 Å². The van der Waals surface area contributed by atoms with Crippen molar-refractivity contribution in [3.05, 3.63) is 52.1 Å². The van der Waals surface area contributed by atoms with Crippen molar-refractivity contribution >= 4 is 59.0 Å². The lowest BCUT2D eigenvalue weighted by atomic mass is 9.83. The van der Waals surface area contributed by atoms with Crippen molar-refractivity contribution in [2.75, 3.05) is 17.6 Å². The summed E-state index contributed by atoms with van der Waals surface area (Å²) in [6, 6.07) is 2.86. The molecule has 1 heterocycles. The number of carbonyl (C=O) groups excluding carboxylic acids is 4. The highest BCUT2D eigenvalue weighted by Gasteiger charge is 2.36. The smallest absolute Gasteiger partial charge is 0.337 e. The lowest BCUT2D eigenvalue weighted by molar-refractivity contribution is -0.139. The van der Waals surface area contributed by atoms with Crippen molar-refractivity contribution in [1.82, 2.24) is 10.6 Å². The van der Waals surface area contributed by atoms with E-state index in [1.54, 1.807) is 0 Å². The highest BCUT2D eigenvalue weighted by molar-refractivity contribution is 8.00. The summed E-state index contributed by atoms with van der Waals surface area (Å²) in [6.07, 6.45) is 11.1. The Hall–Kier alpha value is -5.16. The molecule has 0 spiro atoms. The van der Waals surface area contributed by atoms with Crippen LogP contribution in [0.4, 0.5) is 5.69 Å². The largest absolute Gasteiger partial charge is 0.487 e. The summed E-state index contributed by atoms with van der Waals surface area (Å²) in [5.41, 5.74) is 8.08. The molecule has 3 rings (SSSR count). The molecule has 0 bridgehead atoms. The van der Waals surface area contributed by atoms with Gasteiger partial charge in [-0.2, -0.15) is 0 Å². The number of amides is 3. The molecule has 0 aliphatic carbocycles. The zero-order valence-electron chi connectivity index (χ0n) is 40.6. The molecule has 2 aromatic rings. The molecular formula is C50H74N4O12S. The van der Waals surface area contributed by atoms with Crippen molar-refractivity contribution < 1.29 is 58.4 Å². The predicted octanol–water partition coefficient (Wildman–Crippen LogP) is 7.75. The molecule has 0 saturated heterocycles. The Morgan fingerprint density at radius 2 is 1.46 bits per heavy atom. The zero-order valence-corrected chi connectivity index (χ0v) is 41.4. The van der Waals surface area contributed by atoms with Crippen molar-refractivity contribution in [2.45, 2.75) is 168 Å². The van der Waals surface area contributed by atoms with E-state index in [1.807, 2.05) is 20.8 Å². The number of rotatable bonds is 29. The maximum absolute atomic E-state index is 13.9. The number of carboxylic acid groups (broad SMARTS) is 3. The van der Waals surface area contributed by atoms with Crippen molar-refractivity contribution in [3.63, 3.8) is 0 Å². The fourth-order valence-corrected chi connectivity index (χ4v) is 9.42. The van der Waals surface area contributed by atoms with Crippen LogP contribution in [0.15, 0.2) is 24.3 Å². The number of hydrogen-bond acceptors (Lipinski definition) is 11. The molecule has 3 amide bonds. The second-order valence-corrected chi connectivity index (χ2v) is 20.2. The lowest BCUT2D eigenvalue weighted by Crippen LogP contribution is -2.50. The summed E-state index contributed by atoms with van der Waals surface area (Å²) < 4.78 is 12.8. The Morgan fingerprint density at radius 3 is 2.07 bits per heavy atom. The second kappa shape index (κ2) is 27.0. The monoisotopic (exact) mass is 955 g/mol. The van der Waals surface area contributed by atoms with E-state index in [0.717, 1.165) is 71.7 Å². The number of aromatic carboxylic acids is 1. The number of nitrogens with one attached hydrogen (secondary N) is 3. The third-order valence-electron chi connectivity index (χ3n) is 12.6. The normalized spacial score (nSPS) is 16.6. The minimum atomic E-state index is -1.44. The van der Waals surface area contributed by atoms with E-state index in [0.29, 0.717) is 23.7 Å². The number of fused-ring (bicyclic) bond motifs is 1. The number of carboxylic acids is 3. The molecular weight excluding hydrogens is 881 g/mol. The highest BCUT2D eigenvalue weighted by atomic mass is 32.2. The Balaban J connectivity index is 1.77. The SMILES string of the molecule is Cc1c(C)c2c(c(C)c1OC(=O)CC(SC[C@H](NC(=O)CC[C@H](N)C(=O)O)C(=O)NCC(=O)O)C(=O)Nc1ccccc1C(=O)O)CCC(C)(CCCC(C)CCCC(C)CCCC(C)C)O2. The number of anilines is 1. The number of para-hydroxylation sites is 1. The quantitative estimate of drug-likeness (QED) is 0.0304. The summed E-state index contributed by atoms with van der Waals surface area (Å²) in [7, 11) is 0. The first-order valence-electron chi connectivity index (χ1n) is 23.6. The van der Waals surface area contributed by atoms with E-state index in [-0.39, 0.29) is 35.4 Å². The average Bonchev–Trinajstić information content (AvgIpc) is 3.26. The van der Waals surface area contributed by atoms with Crippen LogP contribution in [-0.4, -0.2) is 92.2 Å². The van der Waals surface area contributed by atoms with Crippen molar-refractivity contribution in [2.24, 2.45) is 23.5 Å². The lowest BCUT2D eigenvalue weighted by Gasteiger charge is -2.38. The number of ether oxygens (including phenoxy) is 2. The van der Waals surface area contributed by atoms with Crippen LogP contribution in [0, 0.1) is 38.5 Å². The first-order valence-corrected chi connectivity index (χ1v) is 24.6. The van der Waals surface area contributed by atoms with Crippen molar-refractivity contribution in [3.8, 4) is 11.5 Å². The molecule has 0 aromatic heterocycles. The van der Waals surface area contributed by atoms with Crippen LogP contribution >= 0.6 is 11.8 Å². The highest BCUT2D eigenvalue weighted by Crippen LogP contribution is 2.45.